The van der Waals surface area contributed by atoms with Crippen LogP contribution in [0.25, 0.3) is 0 Å². The van der Waals surface area contributed by atoms with Gasteiger partial charge in [0.15, 0.2) is 0 Å². The predicted molar refractivity (Wildman–Crippen MR) is 40.3 cm³/mol. The third-order valence-electron chi connectivity index (χ3n) is 0.604. The van der Waals surface area contributed by atoms with Gasteiger partial charge in [-0.1, -0.05) is 19.8 Å². The maximum atomic E-state index is 3.68. The molecule has 0 aliphatic rings. The molecule has 0 aliphatic heterocycles. The first kappa shape index (κ1) is 15.9. The molecule has 0 spiro atoms. The monoisotopic (exact) mass is 222 g/mol. The van der Waals surface area contributed by atoms with Gasteiger partial charge in [-0.15, -0.1) is 24.0 Å². The maximum absolute atomic E-state index is 3.68. The zero-order chi connectivity index (χ0) is 4.12. The number of hydrogen-bond acceptors (Lipinski definition) is 0. The molecular weight excluding hydrogens is 210 g/mol. The first-order chi connectivity index (χ1) is 2.41. The molecule has 0 aliphatic carbocycles. The van der Waals surface area contributed by atoms with Crippen molar-refractivity contribution in [3.8, 4) is 0 Å². The van der Waals surface area contributed by atoms with Gasteiger partial charge in [0.1, 0.15) is 0 Å². The van der Waals surface area contributed by atoms with Gasteiger partial charge in [-0.25, -0.2) is 0 Å². The summed E-state index contributed by atoms with van der Waals surface area (Å²) in [6, 6.07) is 0. The van der Waals surface area contributed by atoms with Crippen molar-refractivity contribution in [2.24, 2.45) is 0 Å². The summed E-state index contributed by atoms with van der Waals surface area (Å²) in [5.41, 5.74) is 0. The fourth-order valence-corrected chi connectivity index (χ4v) is 0.250. The van der Waals surface area contributed by atoms with E-state index in [4.69, 9.17) is 0 Å². The van der Waals surface area contributed by atoms with E-state index in [1.54, 1.807) is 0 Å². The zero-order valence-electron chi connectivity index (χ0n) is 5.24. The number of unbranched alkanes of at least 4 members (excludes halogenated alkanes) is 2. The van der Waals surface area contributed by atoms with Crippen LogP contribution in [0.3, 0.4) is 0 Å². The molecule has 0 N–H and O–H groups in total. The van der Waals surface area contributed by atoms with Crippen molar-refractivity contribution in [3.63, 3.8) is 0 Å². The minimum absolute atomic E-state index is 0. The summed E-state index contributed by atoms with van der Waals surface area (Å²) >= 11 is 0. The minimum Gasteiger partial charge on any atom is -0.343 e. The summed E-state index contributed by atoms with van der Waals surface area (Å²) in [5.74, 6) is 0. The fourth-order valence-electron chi connectivity index (χ4n) is 0.250. The van der Waals surface area contributed by atoms with Crippen molar-refractivity contribution in [1.82, 2.24) is 0 Å². The fraction of sp³-hybridized carbons (Fsp3) is 0.800. The van der Waals surface area contributed by atoms with Gasteiger partial charge in [-0.05, 0) is 0 Å². The van der Waals surface area contributed by atoms with Crippen molar-refractivity contribution in [2.75, 3.05) is 0 Å². The first-order valence-electron chi connectivity index (χ1n) is 2.21. The Balaban J connectivity index is -0.0000000800. The Bertz CT molecular complexity index is 15.6. The van der Waals surface area contributed by atoms with Crippen LogP contribution in [0, 0.1) is 6.92 Å². The largest absolute Gasteiger partial charge is 1.00 e. The second-order valence-electron chi connectivity index (χ2n) is 1.21. The molecule has 0 nitrogen and oxygen atoms in total. The summed E-state index contributed by atoms with van der Waals surface area (Å²) in [7, 11) is 0. The topological polar surface area (TPSA) is 0 Å². The SMILES string of the molecule is I.[CH2-]CCCC.[Na+]. The molecular formula is C5H12INa. The second-order valence-corrected chi connectivity index (χ2v) is 1.21. The van der Waals surface area contributed by atoms with E-state index in [-0.39, 0.29) is 53.5 Å². The van der Waals surface area contributed by atoms with Gasteiger partial charge in [-0.3, -0.25) is 0 Å². The molecule has 40 valence electrons. The van der Waals surface area contributed by atoms with Crippen molar-refractivity contribution < 1.29 is 29.6 Å². The molecule has 0 bridgehead atoms. The van der Waals surface area contributed by atoms with Gasteiger partial charge in [0.05, 0.1) is 0 Å². The van der Waals surface area contributed by atoms with E-state index in [2.05, 4.69) is 13.8 Å². The molecule has 0 unspecified atom stereocenters. The Morgan fingerprint density at radius 1 is 1.43 bits per heavy atom. The maximum Gasteiger partial charge on any atom is 1.00 e. The second kappa shape index (κ2) is 15.6. The van der Waals surface area contributed by atoms with Crippen LogP contribution in [0.1, 0.15) is 26.2 Å². The first-order valence-corrected chi connectivity index (χ1v) is 2.21. The Hall–Kier alpha value is 1.73. The smallest absolute Gasteiger partial charge is 0.343 e. The van der Waals surface area contributed by atoms with E-state index in [1.165, 1.54) is 12.8 Å². The molecule has 0 rings (SSSR count). The molecule has 0 aromatic rings. The van der Waals surface area contributed by atoms with Crippen LogP contribution in [0.5, 0.6) is 0 Å². The zero-order valence-corrected chi connectivity index (χ0v) is 9.57. The third-order valence-corrected chi connectivity index (χ3v) is 0.604. The molecule has 0 atom stereocenters. The van der Waals surface area contributed by atoms with Gasteiger partial charge >= 0.3 is 29.6 Å². The van der Waals surface area contributed by atoms with Crippen molar-refractivity contribution in [1.29, 1.82) is 0 Å². The summed E-state index contributed by atoms with van der Waals surface area (Å²) in [5, 5.41) is 0. The van der Waals surface area contributed by atoms with Gasteiger partial charge in [0.25, 0.3) is 0 Å². The van der Waals surface area contributed by atoms with E-state index in [0.717, 1.165) is 6.42 Å². The molecule has 0 aromatic heterocycles. The van der Waals surface area contributed by atoms with Crippen molar-refractivity contribution in [2.45, 2.75) is 26.2 Å². The number of halogens is 1. The van der Waals surface area contributed by atoms with Crippen LogP contribution in [0.2, 0.25) is 0 Å². The van der Waals surface area contributed by atoms with Gasteiger partial charge in [-0.2, -0.15) is 6.42 Å². The van der Waals surface area contributed by atoms with Gasteiger partial charge in [0.2, 0.25) is 0 Å². The normalized spacial score (nSPS) is 6.00. The quantitative estimate of drug-likeness (QED) is 0.340. The molecule has 0 aromatic carbocycles. The summed E-state index contributed by atoms with van der Waals surface area (Å²) in [4.78, 5) is 0. The van der Waals surface area contributed by atoms with Crippen LogP contribution in [0.15, 0.2) is 0 Å². The van der Waals surface area contributed by atoms with Crippen LogP contribution in [0.4, 0.5) is 0 Å². The summed E-state index contributed by atoms with van der Waals surface area (Å²) in [6.07, 6.45) is 3.65. The van der Waals surface area contributed by atoms with E-state index < -0.39 is 0 Å². The van der Waals surface area contributed by atoms with Gasteiger partial charge < -0.3 is 6.92 Å². The van der Waals surface area contributed by atoms with Crippen LogP contribution >= 0.6 is 24.0 Å². The minimum atomic E-state index is 0. The van der Waals surface area contributed by atoms with Crippen molar-refractivity contribution in [3.05, 3.63) is 6.92 Å². The molecule has 0 saturated carbocycles. The Kier molecular flexibility index (Phi) is 35.5. The van der Waals surface area contributed by atoms with E-state index in [0.29, 0.717) is 0 Å². The molecule has 0 amide bonds. The number of hydrogen-bond donors (Lipinski definition) is 0. The molecule has 0 fully saturated rings. The Morgan fingerprint density at radius 3 is 1.86 bits per heavy atom. The Labute approximate surface area is 85.8 Å². The molecule has 0 radical (unpaired) electrons. The van der Waals surface area contributed by atoms with Crippen LogP contribution < -0.4 is 29.6 Å². The van der Waals surface area contributed by atoms with Crippen LogP contribution in [-0.2, 0) is 0 Å². The average molecular weight is 222 g/mol. The standard InChI is InChI=1S/C5H11.HI.Na/c1-3-5-4-2;;/h1,3-5H2,2H3;1H;/q-1;;+1. The predicted octanol–water partition coefficient (Wildman–Crippen LogP) is -0.367. The summed E-state index contributed by atoms with van der Waals surface area (Å²) in [6.45, 7) is 5.85. The molecule has 7 heavy (non-hydrogen) atoms. The molecule has 0 saturated heterocycles. The molecule has 2 heteroatoms. The van der Waals surface area contributed by atoms with E-state index in [9.17, 15) is 0 Å². The summed E-state index contributed by atoms with van der Waals surface area (Å²) < 4.78 is 0. The number of rotatable bonds is 2. The average Bonchev–Trinajstić information content (AvgIpc) is 1.41. The van der Waals surface area contributed by atoms with E-state index >= 15 is 0 Å². The van der Waals surface area contributed by atoms with Gasteiger partial charge in [0, 0.05) is 0 Å². The Morgan fingerprint density at radius 2 is 1.86 bits per heavy atom. The molecule has 0 heterocycles. The van der Waals surface area contributed by atoms with Crippen molar-refractivity contribution >= 4 is 24.0 Å². The van der Waals surface area contributed by atoms with Crippen LogP contribution in [-0.4, -0.2) is 0 Å². The third kappa shape index (κ3) is 18.2. The van der Waals surface area contributed by atoms with E-state index in [1.807, 2.05) is 0 Å².